The van der Waals surface area contributed by atoms with Crippen LogP contribution in [0.5, 0.6) is 0 Å². The summed E-state index contributed by atoms with van der Waals surface area (Å²) in [5.74, 6) is 1.31. The van der Waals surface area contributed by atoms with E-state index in [0.717, 1.165) is 0 Å². The first-order valence-electron chi connectivity index (χ1n) is 5.71. The molecular formula is C13H17NS. The van der Waals surface area contributed by atoms with Gasteiger partial charge in [-0.25, -0.2) is 0 Å². The molecule has 2 heterocycles. The second kappa shape index (κ2) is 3.53. The van der Waals surface area contributed by atoms with Gasteiger partial charge in [0.15, 0.2) is 0 Å². The lowest BCUT2D eigenvalue weighted by Gasteiger charge is -2.38. The Morgan fingerprint density at radius 2 is 1.93 bits per heavy atom. The van der Waals surface area contributed by atoms with Crippen molar-refractivity contribution in [1.29, 1.82) is 0 Å². The Morgan fingerprint density at radius 1 is 1.20 bits per heavy atom. The number of rotatable bonds is 0. The van der Waals surface area contributed by atoms with E-state index in [1.165, 1.54) is 36.6 Å². The zero-order chi connectivity index (χ0) is 10.3. The van der Waals surface area contributed by atoms with E-state index < -0.39 is 0 Å². The van der Waals surface area contributed by atoms with Gasteiger partial charge in [0.25, 0.3) is 0 Å². The molecule has 2 aliphatic heterocycles. The van der Waals surface area contributed by atoms with Gasteiger partial charge in [0.1, 0.15) is 0 Å². The maximum absolute atomic E-state index is 2.46. The lowest BCUT2D eigenvalue weighted by Crippen LogP contribution is -2.40. The fraction of sp³-hybridized carbons (Fsp3) is 0.538. The second-order valence-corrected chi connectivity index (χ2v) is 5.89. The minimum atomic E-state index is 0.508. The van der Waals surface area contributed by atoms with Crippen LogP contribution < -0.4 is 0 Å². The van der Waals surface area contributed by atoms with Crippen molar-refractivity contribution < 1.29 is 0 Å². The van der Waals surface area contributed by atoms with Gasteiger partial charge in [-0.3, -0.25) is 0 Å². The monoisotopic (exact) mass is 219 g/mol. The van der Waals surface area contributed by atoms with Gasteiger partial charge in [-0.15, -0.1) is 11.8 Å². The minimum absolute atomic E-state index is 0.508. The van der Waals surface area contributed by atoms with Gasteiger partial charge in [0, 0.05) is 16.1 Å². The molecule has 2 aliphatic rings. The molecule has 0 aromatic heterocycles. The first-order chi connectivity index (χ1) is 7.30. The molecule has 1 spiro atoms. The van der Waals surface area contributed by atoms with Crippen LogP contribution in [0, 0.1) is 0 Å². The average Bonchev–Trinajstić information content (AvgIpc) is 2.63. The van der Waals surface area contributed by atoms with Crippen molar-refractivity contribution in [3.63, 3.8) is 0 Å². The predicted molar refractivity (Wildman–Crippen MR) is 65.6 cm³/mol. The van der Waals surface area contributed by atoms with Gasteiger partial charge in [0.2, 0.25) is 0 Å². The van der Waals surface area contributed by atoms with Crippen LogP contribution >= 0.6 is 11.8 Å². The van der Waals surface area contributed by atoms with Gasteiger partial charge in [-0.2, -0.15) is 0 Å². The molecule has 1 aromatic carbocycles. The smallest absolute Gasteiger partial charge is 0.0110 e. The normalized spacial score (nSPS) is 24.3. The largest absolute Gasteiger partial charge is 0.306 e. The third-order valence-electron chi connectivity index (χ3n) is 3.91. The molecule has 1 fully saturated rings. The maximum Gasteiger partial charge on any atom is 0.0110 e. The molecule has 0 unspecified atom stereocenters. The van der Waals surface area contributed by atoms with Crippen LogP contribution in [0.25, 0.3) is 0 Å². The molecule has 15 heavy (non-hydrogen) atoms. The van der Waals surface area contributed by atoms with Crippen molar-refractivity contribution in [3.8, 4) is 0 Å². The van der Waals surface area contributed by atoms with E-state index in [4.69, 9.17) is 0 Å². The van der Waals surface area contributed by atoms with Gasteiger partial charge in [0.05, 0.1) is 0 Å². The summed E-state index contributed by atoms with van der Waals surface area (Å²) in [4.78, 5) is 3.98. The van der Waals surface area contributed by atoms with Crippen molar-refractivity contribution in [1.82, 2.24) is 4.90 Å². The number of hydrogen-bond acceptors (Lipinski definition) is 2. The van der Waals surface area contributed by atoms with E-state index in [1.807, 2.05) is 0 Å². The molecule has 0 aliphatic carbocycles. The highest BCUT2D eigenvalue weighted by atomic mass is 32.2. The van der Waals surface area contributed by atoms with Crippen LogP contribution in [-0.4, -0.2) is 30.8 Å². The van der Waals surface area contributed by atoms with E-state index in [1.54, 1.807) is 5.56 Å². The predicted octanol–water partition coefficient (Wildman–Crippen LogP) is 2.76. The summed E-state index contributed by atoms with van der Waals surface area (Å²) >= 11 is 2.06. The number of fused-ring (bicyclic) bond motifs is 2. The second-order valence-electron chi connectivity index (χ2n) is 4.87. The van der Waals surface area contributed by atoms with Crippen LogP contribution in [-0.2, 0) is 5.41 Å². The molecule has 0 amide bonds. The number of likely N-dealkylation sites (tertiary alicyclic amines) is 1. The number of nitrogens with zero attached hydrogens (tertiary/aromatic N) is 1. The van der Waals surface area contributed by atoms with Crippen LogP contribution in [0.3, 0.4) is 0 Å². The molecule has 0 saturated carbocycles. The molecule has 2 heteroatoms. The Kier molecular flexibility index (Phi) is 2.29. The van der Waals surface area contributed by atoms with Crippen molar-refractivity contribution in [2.24, 2.45) is 0 Å². The Balaban J connectivity index is 1.95. The fourth-order valence-electron chi connectivity index (χ4n) is 2.78. The summed E-state index contributed by atoms with van der Waals surface area (Å²) in [5, 5.41) is 0. The van der Waals surface area contributed by atoms with Crippen LogP contribution in [0.1, 0.15) is 18.4 Å². The van der Waals surface area contributed by atoms with Gasteiger partial charge < -0.3 is 4.90 Å². The standard InChI is InChI=1S/C13H17NS/c1-14-8-6-13(7-9-14)10-15-12-5-3-2-4-11(12)13/h2-5H,6-10H2,1H3. The molecule has 0 radical (unpaired) electrons. The van der Waals surface area contributed by atoms with Crippen molar-refractivity contribution >= 4 is 11.8 Å². The highest BCUT2D eigenvalue weighted by Crippen LogP contribution is 2.49. The van der Waals surface area contributed by atoms with Crippen LogP contribution in [0.2, 0.25) is 0 Å². The SMILES string of the molecule is CN1CCC2(CC1)CSc1ccccc12. The van der Waals surface area contributed by atoms with E-state index >= 15 is 0 Å². The van der Waals surface area contributed by atoms with Crippen molar-refractivity contribution in [2.75, 3.05) is 25.9 Å². The maximum atomic E-state index is 2.46. The highest BCUT2D eigenvalue weighted by Gasteiger charge is 2.40. The van der Waals surface area contributed by atoms with Gasteiger partial charge >= 0.3 is 0 Å². The number of hydrogen-bond donors (Lipinski definition) is 0. The quantitative estimate of drug-likeness (QED) is 0.660. The molecule has 3 rings (SSSR count). The summed E-state index contributed by atoms with van der Waals surface area (Å²) in [5.41, 5.74) is 2.14. The van der Waals surface area contributed by atoms with Crippen molar-refractivity contribution in [3.05, 3.63) is 29.8 Å². The van der Waals surface area contributed by atoms with Crippen LogP contribution in [0.15, 0.2) is 29.2 Å². The minimum Gasteiger partial charge on any atom is -0.306 e. The van der Waals surface area contributed by atoms with E-state index in [9.17, 15) is 0 Å². The first kappa shape index (κ1) is 9.73. The molecule has 0 N–H and O–H groups in total. The Hall–Kier alpha value is -0.470. The lowest BCUT2D eigenvalue weighted by molar-refractivity contribution is 0.204. The summed E-state index contributed by atoms with van der Waals surface area (Å²) in [7, 11) is 2.24. The molecule has 0 atom stereocenters. The Labute approximate surface area is 95.9 Å². The number of piperidine rings is 1. The van der Waals surface area contributed by atoms with Gasteiger partial charge in [-0.05, 0) is 44.6 Å². The third kappa shape index (κ3) is 1.51. The van der Waals surface area contributed by atoms with E-state index in [0.29, 0.717) is 5.41 Å². The van der Waals surface area contributed by atoms with Gasteiger partial charge in [-0.1, -0.05) is 18.2 Å². The highest BCUT2D eigenvalue weighted by molar-refractivity contribution is 7.99. The summed E-state index contributed by atoms with van der Waals surface area (Å²) in [6, 6.07) is 9.00. The Bertz CT molecular complexity index is 367. The third-order valence-corrected chi connectivity index (χ3v) is 5.27. The van der Waals surface area contributed by atoms with E-state index in [-0.39, 0.29) is 0 Å². The van der Waals surface area contributed by atoms with E-state index in [2.05, 4.69) is 48.0 Å². The molecule has 1 nitrogen and oxygen atoms in total. The summed E-state index contributed by atoms with van der Waals surface area (Å²) in [6.45, 7) is 2.52. The fourth-order valence-corrected chi connectivity index (χ4v) is 4.28. The Morgan fingerprint density at radius 3 is 2.73 bits per heavy atom. The molecule has 1 aromatic rings. The topological polar surface area (TPSA) is 3.24 Å². The first-order valence-corrected chi connectivity index (χ1v) is 6.70. The van der Waals surface area contributed by atoms with Crippen molar-refractivity contribution in [2.45, 2.75) is 23.2 Å². The molecule has 80 valence electrons. The summed E-state index contributed by atoms with van der Waals surface area (Å²) in [6.07, 6.45) is 2.68. The lowest BCUT2D eigenvalue weighted by atomic mass is 9.75. The average molecular weight is 219 g/mol. The molecular weight excluding hydrogens is 202 g/mol. The zero-order valence-electron chi connectivity index (χ0n) is 9.20. The zero-order valence-corrected chi connectivity index (χ0v) is 10.0. The summed E-state index contributed by atoms with van der Waals surface area (Å²) < 4.78 is 0. The number of thioether (sulfide) groups is 1. The molecule has 1 saturated heterocycles. The number of benzene rings is 1. The molecule has 0 bridgehead atoms. The van der Waals surface area contributed by atoms with Crippen LogP contribution in [0.4, 0.5) is 0 Å².